The molecule has 10 heteroatoms. The van der Waals surface area contributed by atoms with Gasteiger partial charge in [-0.2, -0.15) is 0 Å². The van der Waals surface area contributed by atoms with Crippen LogP contribution in [-0.2, 0) is 0 Å². The van der Waals surface area contributed by atoms with Gasteiger partial charge >= 0.3 is 5.97 Å². The van der Waals surface area contributed by atoms with Crippen molar-refractivity contribution in [2.45, 2.75) is 27.7 Å². The number of fused-ring (bicyclic) bond motifs is 1. The average molecular weight is 550 g/mol. The van der Waals surface area contributed by atoms with Gasteiger partial charge < -0.3 is 23.7 Å². The van der Waals surface area contributed by atoms with E-state index in [0.29, 0.717) is 64.0 Å². The highest BCUT2D eigenvalue weighted by molar-refractivity contribution is 6.31. The van der Waals surface area contributed by atoms with Gasteiger partial charge in [-0.15, -0.1) is 0 Å². The molecule has 0 aliphatic rings. The number of aromatic carboxylic acids is 1. The summed E-state index contributed by atoms with van der Waals surface area (Å²) >= 11 is 6.13. The Bertz CT molecular complexity index is 1680. The first-order chi connectivity index (χ1) is 18.7. The van der Waals surface area contributed by atoms with Crippen molar-refractivity contribution in [3.63, 3.8) is 0 Å². The van der Waals surface area contributed by atoms with Crippen molar-refractivity contribution in [3.8, 4) is 39.4 Å². The molecule has 8 nitrogen and oxygen atoms in total. The molecule has 0 aliphatic heterocycles. The number of nitrogens with zero attached hydrogens (tertiary/aromatic N) is 3. The highest BCUT2D eigenvalue weighted by Gasteiger charge is 2.24. The fraction of sp³-hybridized carbons (Fsp3) is 0.207. The largest absolute Gasteiger partial charge is 0.492 e. The molecule has 5 rings (SSSR count). The Morgan fingerprint density at radius 2 is 1.77 bits per heavy atom. The number of halogens is 2. The van der Waals surface area contributed by atoms with Crippen LogP contribution >= 0.6 is 11.6 Å². The molecule has 0 saturated carbocycles. The molecule has 0 bridgehead atoms. The average Bonchev–Trinajstić information content (AvgIpc) is 3.44. The monoisotopic (exact) mass is 549 g/mol. The fourth-order valence-electron chi connectivity index (χ4n) is 4.67. The molecule has 0 fully saturated rings. The quantitative estimate of drug-likeness (QED) is 0.217. The molecule has 0 radical (unpaired) electrons. The van der Waals surface area contributed by atoms with Crippen LogP contribution in [0, 0.1) is 19.7 Å². The molecule has 3 aromatic heterocycles. The molecule has 0 spiro atoms. The lowest BCUT2D eigenvalue weighted by Crippen LogP contribution is -2.07. The van der Waals surface area contributed by atoms with Crippen LogP contribution in [-0.4, -0.2) is 39.0 Å². The van der Waals surface area contributed by atoms with Gasteiger partial charge in [-0.1, -0.05) is 22.8 Å². The third-order valence-corrected chi connectivity index (χ3v) is 6.61. The van der Waals surface area contributed by atoms with E-state index in [0.717, 1.165) is 11.1 Å². The maximum Gasteiger partial charge on any atom is 0.335 e. The van der Waals surface area contributed by atoms with Crippen molar-refractivity contribution < 1.29 is 28.3 Å². The lowest BCUT2D eigenvalue weighted by Gasteiger charge is -2.18. The van der Waals surface area contributed by atoms with Crippen molar-refractivity contribution >= 4 is 28.6 Å². The highest BCUT2D eigenvalue weighted by Crippen LogP contribution is 2.41. The first-order valence-electron chi connectivity index (χ1n) is 12.3. The molecular weight excluding hydrogens is 525 g/mol. The number of rotatable bonds is 8. The third-order valence-electron chi connectivity index (χ3n) is 6.32. The van der Waals surface area contributed by atoms with Crippen molar-refractivity contribution in [1.29, 1.82) is 0 Å². The van der Waals surface area contributed by atoms with Gasteiger partial charge in [-0.25, -0.2) is 9.18 Å². The lowest BCUT2D eigenvalue weighted by molar-refractivity contribution is 0.0695. The zero-order valence-electron chi connectivity index (χ0n) is 21.7. The van der Waals surface area contributed by atoms with Crippen LogP contribution in [0.3, 0.4) is 0 Å². The number of hydrogen-bond donors (Lipinski definition) is 1. The summed E-state index contributed by atoms with van der Waals surface area (Å²) in [6.07, 6.45) is 3.56. The maximum absolute atomic E-state index is 14.0. The fourth-order valence-corrected chi connectivity index (χ4v) is 4.85. The number of aryl methyl sites for hydroxylation is 2. The standard InChI is InChI=1S/C29H25ClFN3O5/c1-5-37-24-11-18(29(35)36)12-25(38-6-2)28(24)34-14-20(17-7-8-22(31)21(30)9-17)27-23(34)10-19(13-32-27)26-15(3)33-39-16(26)4/h7-14H,5-6H2,1-4H3,(H,35,36). The summed E-state index contributed by atoms with van der Waals surface area (Å²) in [6, 6.07) is 9.36. The molecule has 0 unspecified atom stereocenters. The number of aromatic nitrogens is 3. The summed E-state index contributed by atoms with van der Waals surface area (Å²) in [4.78, 5) is 16.7. The minimum atomic E-state index is -1.11. The Labute approximate surface area is 228 Å². The molecule has 0 saturated heterocycles. The van der Waals surface area contributed by atoms with Crippen LogP contribution in [0.15, 0.2) is 53.3 Å². The molecule has 39 heavy (non-hydrogen) atoms. The normalized spacial score (nSPS) is 11.2. The van der Waals surface area contributed by atoms with Gasteiger partial charge in [0, 0.05) is 29.1 Å². The van der Waals surface area contributed by atoms with E-state index >= 15 is 0 Å². The number of ether oxygens (including phenoxy) is 2. The predicted molar refractivity (Wildman–Crippen MR) is 146 cm³/mol. The molecule has 3 heterocycles. The first kappa shape index (κ1) is 26.2. The minimum absolute atomic E-state index is 0.0171. The van der Waals surface area contributed by atoms with Gasteiger partial charge in [0.15, 0.2) is 0 Å². The molecule has 1 N–H and O–H groups in total. The topological polar surface area (TPSA) is 99.6 Å². The zero-order valence-corrected chi connectivity index (χ0v) is 22.5. The van der Waals surface area contributed by atoms with Crippen LogP contribution in [0.5, 0.6) is 11.5 Å². The van der Waals surface area contributed by atoms with E-state index < -0.39 is 11.8 Å². The summed E-state index contributed by atoms with van der Waals surface area (Å²) in [5, 5.41) is 13.8. The van der Waals surface area contributed by atoms with E-state index in [1.165, 1.54) is 18.2 Å². The van der Waals surface area contributed by atoms with E-state index in [1.54, 1.807) is 18.3 Å². The molecule has 2 aromatic carbocycles. The predicted octanol–water partition coefficient (Wildman–Crippen LogP) is 7.25. The first-order valence-corrected chi connectivity index (χ1v) is 12.7. The summed E-state index contributed by atoms with van der Waals surface area (Å²) in [5.74, 6) is -0.342. The Morgan fingerprint density at radius 3 is 2.33 bits per heavy atom. The van der Waals surface area contributed by atoms with E-state index in [2.05, 4.69) is 5.16 Å². The van der Waals surface area contributed by atoms with Crippen LogP contribution in [0.2, 0.25) is 5.02 Å². The number of carbonyl (C=O) groups is 1. The summed E-state index contributed by atoms with van der Waals surface area (Å²) in [6.45, 7) is 7.90. The third kappa shape index (κ3) is 4.70. The van der Waals surface area contributed by atoms with Gasteiger partial charge in [0.05, 0.1) is 40.5 Å². The maximum atomic E-state index is 14.0. The zero-order chi connectivity index (χ0) is 27.8. The second kappa shape index (κ2) is 10.4. The van der Waals surface area contributed by atoms with Crippen molar-refractivity contribution in [3.05, 3.63) is 76.6 Å². The highest BCUT2D eigenvalue weighted by atomic mass is 35.5. The van der Waals surface area contributed by atoms with Crippen molar-refractivity contribution in [1.82, 2.24) is 14.7 Å². The van der Waals surface area contributed by atoms with Crippen LogP contribution in [0.4, 0.5) is 4.39 Å². The summed E-state index contributed by atoms with van der Waals surface area (Å²) in [5.41, 5.74) is 5.47. The van der Waals surface area contributed by atoms with Crippen molar-refractivity contribution in [2.24, 2.45) is 0 Å². The van der Waals surface area contributed by atoms with Gasteiger partial charge in [-0.3, -0.25) is 4.98 Å². The lowest BCUT2D eigenvalue weighted by atomic mass is 10.0. The van der Waals surface area contributed by atoms with Crippen LogP contribution in [0.1, 0.15) is 35.7 Å². The van der Waals surface area contributed by atoms with E-state index in [-0.39, 0.29) is 10.6 Å². The number of benzene rings is 2. The Kier molecular flexibility index (Phi) is 7.01. The van der Waals surface area contributed by atoms with E-state index in [4.69, 9.17) is 30.6 Å². The van der Waals surface area contributed by atoms with E-state index in [1.807, 2.05) is 44.5 Å². The van der Waals surface area contributed by atoms with E-state index in [9.17, 15) is 14.3 Å². The van der Waals surface area contributed by atoms with Gasteiger partial charge in [-0.05, 0) is 63.6 Å². The number of pyridine rings is 1. The smallest absolute Gasteiger partial charge is 0.335 e. The Hall–Kier alpha value is -4.37. The van der Waals surface area contributed by atoms with Crippen LogP contribution < -0.4 is 9.47 Å². The van der Waals surface area contributed by atoms with Gasteiger partial charge in [0.1, 0.15) is 28.8 Å². The molecule has 200 valence electrons. The number of carboxylic acid groups (broad SMARTS) is 1. The van der Waals surface area contributed by atoms with Crippen LogP contribution in [0.25, 0.3) is 39.0 Å². The number of hydrogen-bond acceptors (Lipinski definition) is 6. The molecule has 0 atom stereocenters. The molecule has 5 aromatic rings. The second-order valence-corrected chi connectivity index (χ2v) is 9.23. The number of carboxylic acids is 1. The van der Waals surface area contributed by atoms with Gasteiger partial charge in [0.25, 0.3) is 0 Å². The molecule has 0 amide bonds. The Balaban J connectivity index is 1.87. The minimum Gasteiger partial charge on any atom is -0.492 e. The van der Waals surface area contributed by atoms with Crippen molar-refractivity contribution in [2.75, 3.05) is 13.2 Å². The second-order valence-electron chi connectivity index (χ2n) is 8.82. The Morgan fingerprint density at radius 1 is 1.08 bits per heavy atom. The summed E-state index contributed by atoms with van der Waals surface area (Å²) < 4.78 is 33.1. The SMILES string of the molecule is CCOc1cc(C(=O)O)cc(OCC)c1-n1cc(-c2ccc(F)c(Cl)c2)c2ncc(-c3c(C)noc3C)cc21. The molecule has 0 aliphatic carbocycles. The molecular formula is C29H25ClFN3O5. The van der Waals surface area contributed by atoms with Gasteiger partial charge in [0.2, 0.25) is 0 Å². The summed E-state index contributed by atoms with van der Waals surface area (Å²) in [7, 11) is 0.